The number of quaternary nitrogens is 1. The van der Waals surface area contributed by atoms with Gasteiger partial charge in [0, 0.05) is 5.56 Å². The van der Waals surface area contributed by atoms with Crippen molar-refractivity contribution in [3.05, 3.63) is 73.7 Å². The highest BCUT2D eigenvalue weighted by molar-refractivity contribution is 6.42. The van der Waals surface area contributed by atoms with Crippen LogP contribution in [0.25, 0.3) is 10.9 Å². The zero-order valence-electron chi connectivity index (χ0n) is 14.1. The molecule has 0 aliphatic heterocycles. The Morgan fingerprint density at radius 2 is 1.89 bits per heavy atom. The number of hydrogen-bond acceptors (Lipinski definition) is 2. The molecule has 1 atom stereocenters. The van der Waals surface area contributed by atoms with E-state index in [0.717, 1.165) is 28.7 Å². The molecule has 0 radical (unpaired) electrons. The maximum Gasteiger partial charge on any atom is 0.416 e. The summed E-state index contributed by atoms with van der Waals surface area (Å²) in [5.74, 6) is 0.294. The standard InChI is InChI=1S/C18H14Cl2F3N3O/c1-26(8-10-3-2-4-13(19)16(10)20)9-15-24-14-7-11(18(21,22)23)5-6-12(14)17(27)25-15/h2-7H,8-9H2,1H3,(H,24,25,27)/p+1. The van der Waals surface area contributed by atoms with E-state index in [-0.39, 0.29) is 10.9 Å². The average Bonchev–Trinajstić information content (AvgIpc) is 2.57. The lowest BCUT2D eigenvalue weighted by Crippen LogP contribution is -3.06. The third-order valence-electron chi connectivity index (χ3n) is 4.08. The summed E-state index contributed by atoms with van der Waals surface area (Å²) in [7, 11) is 1.85. The molecule has 0 saturated carbocycles. The fraction of sp³-hybridized carbons (Fsp3) is 0.222. The Bertz CT molecular complexity index is 1050. The predicted molar refractivity (Wildman–Crippen MR) is 98.1 cm³/mol. The maximum atomic E-state index is 12.9. The Hall–Kier alpha value is -2.09. The van der Waals surface area contributed by atoms with Crippen LogP contribution in [0, 0.1) is 0 Å². The number of nitrogens with one attached hydrogen (secondary N) is 2. The van der Waals surface area contributed by atoms with Crippen molar-refractivity contribution in [1.82, 2.24) is 9.97 Å². The number of H-pyrrole nitrogens is 1. The molecule has 1 unspecified atom stereocenters. The molecular weight excluding hydrogens is 402 g/mol. The lowest BCUT2D eigenvalue weighted by molar-refractivity contribution is -0.908. The first-order chi connectivity index (χ1) is 12.6. The largest absolute Gasteiger partial charge is 0.416 e. The third-order valence-corrected chi connectivity index (χ3v) is 4.93. The summed E-state index contributed by atoms with van der Waals surface area (Å²) in [5.41, 5.74) is -0.482. The smallest absolute Gasteiger partial charge is 0.327 e. The van der Waals surface area contributed by atoms with Crippen LogP contribution >= 0.6 is 23.2 Å². The maximum absolute atomic E-state index is 12.9. The summed E-state index contributed by atoms with van der Waals surface area (Å²) < 4.78 is 38.7. The highest BCUT2D eigenvalue weighted by atomic mass is 35.5. The summed E-state index contributed by atoms with van der Waals surface area (Å²) in [6.45, 7) is 0.800. The van der Waals surface area contributed by atoms with Gasteiger partial charge in [-0.2, -0.15) is 13.2 Å². The molecule has 3 aromatic rings. The van der Waals surface area contributed by atoms with E-state index in [0.29, 0.717) is 29.0 Å². The van der Waals surface area contributed by atoms with Crippen molar-refractivity contribution in [3.8, 4) is 0 Å². The minimum Gasteiger partial charge on any atom is -0.327 e. The fourth-order valence-electron chi connectivity index (χ4n) is 2.81. The quantitative estimate of drug-likeness (QED) is 0.683. The number of rotatable bonds is 4. The van der Waals surface area contributed by atoms with E-state index in [1.165, 1.54) is 0 Å². The van der Waals surface area contributed by atoms with Gasteiger partial charge in [-0.25, -0.2) is 4.98 Å². The summed E-state index contributed by atoms with van der Waals surface area (Å²) in [4.78, 5) is 19.9. The molecule has 1 aromatic heterocycles. The molecule has 1 heterocycles. The molecule has 9 heteroatoms. The summed E-state index contributed by atoms with van der Waals surface area (Å²) in [6, 6.07) is 8.20. The van der Waals surface area contributed by atoms with Crippen molar-refractivity contribution < 1.29 is 18.1 Å². The van der Waals surface area contributed by atoms with Crippen LogP contribution in [0.3, 0.4) is 0 Å². The van der Waals surface area contributed by atoms with Crippen molar-refractivity contribution in [2.45, 2.75) is 19.3 Å². The second-order valence-corrected chi connectivity index (χ2v) is 7.05. The van der Waals surface area contributed by atoms with E-state index in [2.05, 4.69) is 9.97 Å². The van der Waals surface area contributed by atoms with Gasteiger partial charge < -0.3 is 9.88 Å². The molecule has 27 heavy (non-hydrogen) atoms. The Morgan fingerprint density at radius 1 is 1.15 bits per heavy atom. The molecule has 0 aliphatic carbocycles. The lowest BCUT2D eigenvalue weighted by atomic mass is 10.1. The van der Waals surface area contributed by atoms with E-state index in [1.807, 2.05) is 13.1 Å². The van der Waals surface area contributed by atoms with Gasteiger partial charge in [-0.3, -0.25) is 4.79 Å². The van der Waals surface area contributed by atoms with Gasteiger partial charge in [-0.1, -0.05) is 35.3 Å². The van der Waals surface area contributed by atoms with E-state index in [1.54, 1.807) is 12.1 Å². The zero-order valence-corrected chi connectivity index (χ0v) is 15.6. The van der Waals surface area contributed by atoms with Gasteiger partial charge in [0.1, 0.15) is 13.1 Å². The van der Waals surface area contributed by atoms with Crippen LogP contribution in [-0.2, 0) is 19.3 Å². The summed E-state index contributed by atoms with van der Waals surface area (Å²) in [6.07, 6.45) is -4.50. The van der Waals surface area contributed by atoms with Gasteiger partial charge in [0.15, 0.2) is 5.82 Å². The average molecular weight is 417 g/mol. The fourth-order valence-corrected chi connectivity index (χ4v) is 3.19. The first-order valence-electron chi connectivity index (χ1n) is 7.99. The Kier molecular flexibility index (Phi) is 5.46. The second kappa shape index (κ2) is 7.50. The highest BCUT2D eigenvalue weighted by Crippen LogP contribution is 2.30. The molecule has 4 nitrogen and oxygen atoms in total. The predicted octanol–water partition coefficient (Wildman–Crippen LogP) is 3.46. The topological polar surface area (TPSA) is 50.2 Å². The van der Waals surface area contributed by atoms with Gasteiger partial charge in [-0.05, 0) is 24.3 Å². The number of nitrogens with zero attached hydrogens (tertiary/aromatic N) is 1. The molecule has 0 spiro atoms. The normalized spacial score (nSPS) is 13.1. The van der Waals surface area contributed by atoms with Crippen LogP contribution in [-0.4, -0.2) is 17.0 Å². The Labute approximate surface area is 162 Å². The summed E-state index contributed by atoms with van der Waals surface area (Å²) in [5, 5.41) is 1.01. The number of alkyl halides is 3. The number of hydrogen-bond donors (Lipinski definition) is 2. The van der Waals surface area contributed by atoms with E-state index in [9.17, 15) is 18.0 Å². The van der Waals surface area contributed by atoms with Crippen molar-refractivity contribution in [3.63, 3.8) is 0 Å². The lowest BCUT2D eigenvalue weighted by Gasteiger charge is -2.15. The number of aromatic amines is 1. The van der Waals surface area contributed by atoms with E-state index >= 15 is 0 Å². The first-order valence-corrected chi connectivity index (χ1v) is 8.75. The molecule has 0 fully saturated rings. The first kappa shape index (κ1) is 19.7. The van der Waals surface area contributed by atoms with E-state index < -0.39 is 17.3 Å². The van der Waals surface area contributed by atoms with Crippen LogP contribution in [0.4, 0.5) is 13.2 Å². The highest BCUT2D eigenvalue weighted by Gasteiger charge is 2.30. The molecule has 0 aliphatic rings. The molecule has 0 bridgehead atoms. The minimum absolute atomic E-state index is 0.0113. The zero-order chi connectivity index (χ0) is 19.8. The van der Waals surface area contributed by atoms with Crippen LogP contribution in [0.5, 0.6) is 0 Å². The molecule has 0 amide bonds. The third kappa shape index (κ3) is 4.43. The van der Waals surface area contributed by atoms with Gasteiger partial charge in [0.25, 0.3) is 5.56 Å². The number of aromatic nitrogens is 2. The summed E-state index contributed by atoms with van der Waals surface area (Å²) >= 11 is 12.2. The van der Waals surface area contributed by atoms with Gasteiger partial charge in [-0.15, -0.1) is 0 Å². The molecule has 2 aromatic carbocycles. The molecule has 2 N–H and O–H groups in total. The van der Waals surface area contributed by atoms with Crippen molar-refractivity contribution >= 4 is 34.1 Å². The monoisotopic (exact) mass is 416 g/mol. The number of halogens is 5. The van der Waals surface area contributed by atoms with Gasteiger partial charge in [0.2, 0.25) is 0 Å². The number of benzene rings is 2. The van der Waals surface area contributed by atoms with Crippen LogP contribution < -0.4 is 10.5 Å². The van der Waals surface area contributed by atoms with Crippen molar-refractivity contribution in [2.24, 2.45) is 0 Å². The minimum atomic E-state index is -4.50. The van der Waals surface area contributed by atoms with Crippen LogP contribution in [0.1, 0.15) is 17.0 Å². The number of fused-ring (bicyclic) bond motifs is 1. The molecule has 0 saturated heterocycles. The van der Waals surface area contributed by atoms with Crippen LogP contribution in [0.2, 0.25) is 10.0 Å². The molecule has 142 valence electrons. The van der Waals surface area contributed by atoms with E-state index in [4.69, 9.17) is 23.2 Å². The van der Waals surface area contributed by atoms with Crippen LogP contribution in [0.15, 0.2) is 41.2 Å². The van der Waals surface area contributed by atoms with Gasteiger partial charge in [0.05, 0.1) is 33.6 Å². The van der Waals surface area contributed by atoms with Crippen molar-refractivity contribution in [2.75, 3.05) is 7.05 Å². The SMILES string of the molecule is C[NH+](Cc1nc2cc(C(F)(F)F)ccc2c(=O)[nH]1)Cc1cccc(Cl)c1Cl. The molecular formula is C18H15Cl2F3N3O+. The van der Waals surface area contributed by atoms with Gasteiger partial charge >= 0.3 is 6.18 Å². The Morgan fingerprint density at radius 3 is 2.59 bits per heavy atom. The van der Waals surface area contributed by atoms with Crippen molar-refractivity contribution in [1.29, 1.82) is 0 Å². The molecule has 3 rings (SSSR count). The Balaban J connectivity index is 1.88. The second-order valence-electron chi connectivity index (χ2n) is 6.27.